The second-order valence-electron chi connectivity index (χ2n) is 2.78. The van der Waals surface area contributed by atoms with Gasteiger partial charge in [-0.3, -0.25) is 0 Å². The van der Waals surface area contributed by atoms with E-state index in [1.165, 1.54) is 0 Å². The summed E-state index contributed by atoms with van der Waals surface area (Å²) in [6.07, 6.45) is 0. The lowest BCUT2D eigenvalue weighted by molar-refractivity contribution is 0.813. The van der Waals surface area contributed by atoms with Crippen LogP contribution < -0.4 is 5.73 Å². The van der Waals surface area contributed by atoms with Gasteiger partial charge in [-0.1, -0.05) is 39.8 Å². The zero-order valence-electron chi connectivity index (χ0n) is 11.0. The van der Waals surface area contributed by atoms with E-state index in [9.17, 15) is 0 Å². The molecule has 2 N–H and O–H groups in total. The summed E-state index contributed by atoms with van der Waals surface area (Å²) in [6, 6.07) is 8.02. The lowest BCUT2D eigenvalue weighted by atomic mass is 10.3. The van der Waals surface area contributed by atoms with Crippen molar-refractivity contribution in [2.75, 3.05) is 0 Å². The van der Waals surface area contributed by atoms with E-state index in [2.05, 4.69) is 4.98 Å². The second kappa shape index (κ2) is 7.88. The van der Waals surface area contributed by atoms with Crippen LogP contribution in [0, 0.1) is 0 Å². The maximum absolute atomic E-state index is 5.53. The zero-order chi connectivity index (χ0) is 12.6. The number of benzene rings is 1. The Morgan fingerprint density at radius 2 is 1.69 bits per heavy atom. The number of nitrogens with two attached hydrogens (primary N) is 1. The average Bonchev–Trinajstić information content (AvgIpc) is 2.72. The van der Waals surface area contributed by atoms with Gasteiger partial charge in [0, 0.05) is 7.05 Å². The highest BCUT2D eigenvalue weighted by molar-refractivity contribution is 5.75. The van der Waals surface area contributed by atoms with Crippen molar-refractivity contribution in [3.05, 3.63) is 30.1 Å². The van der Waals surface area contributed by atoms with Crippen LogP contribution in [0.4, 0.5) is 0 Å². The fourth-order valence-electron chi connectivity index (χ4n) is 1.38. The van der Waals surface area contributed by atoms with E-state index in [1.807, 2.05) is 63.6 Å². The molecule has 3 nitrogen and oxygen atoms in total. The summed E-state index contributed by atoms with van der Waals surface area (Å²) in [6.45, 7) is 8.49. The summed E-state index contributed by atoms with van der Waals surface area (Å²) in [4.78, 5) is 4.37. The van der Waals surface area contributed by atoms with Gasteiger partial charge in [-0.25, -0.2) is 4.98 Å². The number of rotatable bonds is 1. The number of imidazole rings is 1. The fraction of sp³-hybridized carbons (Fsp3) is 0.462. The lowest BCUT2D eigenvalue weighted by Crippen LogP contribution is -2.04. The average molecular weight is 221 g/mol. The molecule has 0 amide bonds. The molecule has 1 aromatic heterocycles. The van der Waals surface area contributed by atoms with E-state index in [-0.39, 0.29) is 0 Å². The SMILES string of the molecule is CC.CC.Cn1c(CN)nc2ccccc21. The Labute approximate surface area is 98.3 Å². The van der Waals surface area contributed by atoms with Gasteiger partial charge in [0.15, 0.2) is 0 Å². The molecule has 16 heavy (non-hydrogen) atoms. The van der Waals surface area contributed by atoms with Gasteiger partial charge in [0.1, 0.15) is 5.82 Å². The number of hydrogen-bond donors (Lipinski definition) is 1. The van der Waals surface area contributed by atoms with Crippen molar-refractivity contribution in [1.29, 1.82) is 0 Å². The first kappa shape index (κ1) is 14.6. The Bertz CT molecular complexity index is 404. The highest BCUT2D eigenvalue weighted by Crippen LogP contribution is 2.13. The third-order valence-corrected chi connectivity index (χ3v) is 2.06. The monoisotopic (exact) mass is 221 g/mol. The predicted octanol–water partition coefficient (Wildman–Crippen LogP) is 3.08. The molecule has 0 spiro atoms. The minimum atomic E-state index is 0.491. The summed E-state index contributed by atoms with van der Waals surface area (Å²) in [7, 11) is 1.98. The molecule has 0 aliphatic heterocycles. The fourth-order valence-corrected chi connectivity index (χ4v) is 1.38. The Kier molecular flexibility index (Phi) is 7.21. The van der Waals surface area contributed by atoms with Crippen molar-refractivity contribution in [3.8, 4) is 0 Å². The summed E-state index contributed by atoms with van der Waals surface area (Å²) in [5.74, 6) is 0.927. The first-order chi connectivity index (χ1) is 7.83. The van der Waals surface area contributed by atoms with Gasteiger partial charge in [0.2, 0.25) is 0 Å². The van der Waals surface area contributed by atoms with Crippen molar-refractivity contribution in [3.63, 3.8) is 0 Å². The summed E-state index contributed by atoms with van der Waals surface area (Å²) < 4.78 is 2.02. The molecule has 2 aromatic rings. The summed E-state index contributed by atoms with van der Waals surface area (Å²) >= 11 is 0. The Hall–Kier alpha value is -1.35. The number of nitrogens with zero attached hydrogens (tertiary/aromatic N) is 2. The highest BCUT2D eigenvalue weighted by Gasteiger charge is 2.03. The third kappa shape index (κ3) is 3.07. The number of aromatic nitrogens is 2. The van der Waals surface area contributed by atoms with Crippen LogP contribution in [0.1, 0.15) is 33.5 Å². The van der Waals surface area contributed by atoms with E-state index in [1.54, 1.807) is 0 Å². The lowest BCUT2D eigenvalue weighted by Gasteiger charge is -1.96. The Morgan fingerprint density at radius 1 is 1.12 bits per heavy atom. The van der Waals surface area contributed by atoms with Gasteiger partial charge >= 0.3 is 0 Å². The zero-order valence-corrected chi connectivity index (χ0v) is 11.0. The van der Waals surface area contributed by atoms with Crippen molar-refractivity contribution in [1.82, 2.24) is 9.55 Å². The van der Waals surface area contributed by atoms with Crippen molar-refractivity contribution >= 4 is 11.0 Å². The number of hydrogen-bond acceptors (Lipinski definition) is 2. The first-order valence-electron chi connectivity index (χ1n) is 5.93. The topological polar surface area (TPSA) is 43.8 Å². The van der Waals surface area contributed by atoms with Crippen LogP contribution in [-0.4, -0.2) is 9.55 Å². The molecule has 1 heterocycles. The predicted molar refractivity (Wildman–Crippen MR) is 71.3 cm³/mol. The number of para-hydroxylation sites is 2. The van der Waals surface area contributed by atoms with E-state index < -0.39 is 0 Å². The molecule has 0 atom stereocenters. The van der Waals surface area contributed by atoms with Crippen LogP contribution in [0.2, 0.25) is 0 Å². The normalized spacial score (nSPS) is 8.88. The third-order valence-electron chi connectivity index (χ3n) is 2.06. The van der Waals surface area contributed by atoms with Crippen molar-refractivity contribution in [2.45, 2.75) is 34.2 Å². The molecule has 0 fully saturated rings. The molecule has 3 heteroatoms. The van der Waals surface area contributed by atoms with Crippen LogP contribution in [0.15, 0.2) is 24.3 Å². The van der Waals surface area contributed by atoms with Crippen LogP contribution in [0.3, 0.4) is 0 Å². The van der Waals surface area contributed by atoms with Gasteiger partial charge < -0.3 is 10.3 Å². The van der Waals surface area contributed by atoms with Crippen LogP contribution in [0.5, 0.6) is 0 Å². The summed E-state index contributed by atoms with van der Waals surface area (Å²) in [5.41, 5.74) is 7.68. The second-order valence-corrected chi connectivity index (χ2v) is 2.78. The first-order valence-corrected chi connectivity index (χ1v) is 5.93. The molecule has 0 bridgehead atoms. The molecule has 0 saturated heterocycles. The maximum Gasteiger partial charge on any atom is 0.123 e. The van der Waals surface area contributed by atoms with Gasteiger partial charge in [-0.05, 0) is 12.1 Å². The van der Waals surface area contributed by atoms with Crippen LogP contribution in [0.25, 0.3) is 11.0 Å². The Morgan fingerprint density at radius 3 is 2.19 bits per heavy atom. The van der Waals surface area contributed by atoms with Crippen LogP contribution in [-0.2, 0) is 13.6 Å². The standard InChI is InChI=1S/C9H11N3.2C2H6/c1-12-8-5-3-2-4-7(8)11-9(12)6-10;2*1-2/h2-5H,6,10H2,1H3;2*1-2H3. The maximum atomic E-state index is 5.53. The molecule has 0 radical (unpaired) electrons. The smallest absolute Gasteiger partial charge is 0.123 e. The number of fused-ring (bicyclic) bond motifs is 1. The van der Waals surface area contributed by atoms with E-state index in [0.717, 1.165) is 16.9 Å². The van der Waals surface area contributed by atoms with Crippen molar-refractivity contribution in [2.24, 2.45) is 12.8 Å². The number of aryl methyl sites for hydroxylation is 1. The van der Waals surface area contributed by atoms with E-state index in [0.29, 0.717) is 6.54 Å². The molecule has 0 saturated carbocycles. The van der Waals surface area contributed by atoms with Crippen molar-refractivity contribution < 1.29 is 0 Å². The molecule has 1 aromatic carbocycles. The molecule has 0 unspecified atom stereocenters. The van der Waals surface area contributed by atoms with E-state index in [4.69, 9.17) is 5.73 Å². The quantitative estimate of drug-likeness (QED) is 0.804. The summed E-state index contributed by atoms with van der Waals surface area (Å²) in [5, 5.41) is 0. The molecule has 90 valence electrons. The van der Waals surface area contributed by atoms with Gasteiger partial charge in [-0.15, -0.1) is 0 Å². The molecular weight excluding hydrogens is 198 g/mol. The van der Waals surface area contributed by atoms with Gasteiger partial charge in [0.05, 0.1) is 17.6 Å². The van der Waals surface area contributed by atoms with Gasteiger partial charge in [-0.2, -0.15) is 0 Å². The molecule has 2 rings (SSSR count). The Balaban J connectivity index is 0.000000509. The van der Waals surface area contributed by atoms with Gasteiger partial charge in [0.25, 0.3) is 0 Å². The largest absolute Gasteiger partial charge is 0.330 e. The molecule has 0 aliphatic rings. The van der Waals surface area contributed by atoms with E-state index >= 15 is 0 Å². The minimum Gasteiger partial charge on any atom is -0.330 e. The van der Waals surface area contributed by atoms with Crippen LogP contribution >= 0.6 is 0 Å². The molecule has 0 aliphatic carbocycles. The molecular formula is C13H23N3. The minimum absolute atomic E-state index is 0.491. The highest BCUT2D eigenvalue weighted by atomic mass is 15.1.